The Balaban J connectivity index is 0.000000176. The van der Waals surface area contributed by atoms with Crippen LogP contribution in [0.2, 0.25) is 0 Å². The molecule has 17 rings (SSSR count). The topological polar surface area (TPSA) is 64.5 Å². The van der Waals surface area contributed by atoms with Crippen LogP contribution in [0.25, 0.3) is 67.2 Å². The number of hydrogen-bond acceptors (Lipinski definition) is 3. The predicted octanol–water partition coefficient (Wildman–Crippen LogP) is 23.0. The highest BCUT2D eigenvalue weighted by atomic mass is 16.3. The molecule has 1 saturated heterocycles. The SMILES string of the molecule is C.C.C.C.C.Cc1cccc2c1-n1c(c(-c3ccccc3)c[n+]1C)C(C)(C)C2(C)C.Cc1cccc2c1-n1c(cc[n+]1C)C(C)(C)C2(C)C.Cc1ccccc1-n1ccc(-c2ccccc2)[n+]1C.Cc1ccccc1-n1ccc[n+]1C.[2H]C1([2H])C2(CCCCC2)C(C)N(c2c(C)ccc3c2oc2nc(C)ccc23)C1(C)C. The Kier molecular flexibility index (Phi) is 24.2. The highest BCUT2D eigenvalue weighted by Crippen LogP contribution is 2.58. The maximum Gasteiger partial charge on any atom is 0.238 e. The molecule has 2 fully saturated rings. The molecule has 9 heterocycles. The van der Waals surface area contributed by atoms with Gasteiger partial charge < -0.3 is 9.32 Å². The van der Waals surface area contributed by atoms with E-state index in [1.807, 2.05) is 38.4 Å². The molecular formula is C98H132N10O+4. The number of para-hydroxylation sites is 4. The smallest absolute Gasteiger partial charge is 0.238 e. The quantitative estimate of drug-likeness (QED) is 0.161. The second-order valence-electron chi connectivity index (χ2n) is 32.6. The summed E-state index contributed by atoms with van der Waals surface area (Å²) in [6.07, 6.45) is 14.7. The number of hydrogen-bond donors (Lipinski definition) is 0. The minimum absolute atomic E-state index is 0. The monoisotopic (exact) mass is 1470 g/mol. The molecule has 0 amide bonds. The summed E-state index contributed by atoms with van der Waals surface area (Å²) in [7, 11) is 8.40. The van der Waals surface area contributed by atoms with E-state index in [4.69, 9.17) is 4.42 Å². The van der Waals surface area contributed by atoms with Crippen molar-refractivity contribution in [1.29, 1.82) is 0 Å². The van der Waals surface area contributed by atoms with Gasteiger partial charge in [0.25, 0.3) is 0 Å². The molecule has 1 aliphatic carbocycles. The van der Waals surface area contributed by atoms with Crippen molar-refractivity contribution in [3.8, 4) is 45.1 Å². The van der Waals surface area contributed by atoms with E-state index in [0.717, 1.165) is 59.0 Å². The molecule has 1 unspecified atom stereocenters. The van der Waals surface area contributed by atoms with Crippen LogP contribution in [0.4, 0.5) is 5.69 Å². The van der Waals surface area contributed by atoms with Gasteiger partial charge in [-0.3, -0.25) is 0 Å². The summed E-state index contributed by atoms with van der Waals surface area (Å²) in [4.78, 5) is 6.97. The van der Waals surface area contributed by atoms with Gasteiger partial charge in [0, 0.05) is 76.2 Å². The van der Waals surface area contributed by atoms with Crippen molar-refractivity contribution in [1.82, 2.24) is 23.7 Å². The third kappa shape index (κ3) is 14.7. The van der Waals surface area contributed by atoms with E-state index < -0.39 is 11.9 Å². The van der Waals surface area contributed by atoms with Crippen molar-refractivity contribution in [3.05, 3.63) is 275 Å². The number of aryl methyl sites for hydroxylation is 9. The summed E-state index contributed by atoms with van der Waals surface area (Å²) in [6, 6.07) is 66.3. The number of anilines is 1. The molecule has 6 aromatic heterocycles. The summed E-state index contributed by atoms with van der Waals surface area (Å²) < 4.78 is 42.8. The number of fused-ring (bicyclic) bond motifs is 9. The zero-order valence-electron chi connectivity index (χ0n) is 67.8. The minimum Gasteiger partial charge on any atom is -0.436 e. The van der Waals surface area contributed by atoms with E-state index in [1.54, 1.807) is 0 Å². The molecule has 0 N–H and O–H groups in total. The lowest BCUT2D eigenvalue weighted by Gasteiger charge is -2.46. The molecule has 4 aliphatic rings. The lowest BCUT2D eigenvalue weighted by Crippen LogP contribution is -2.51. The van der Waals surface area contributed by atoms with Crippen LogP contribution in [0.1, 0.15) is 211 Å². The zero-order valence-corrected chi connectivity index (χ0v) is 65.8. The van der Waals surface area contributed by atoms with Gasteiger partial charge in [-0.25, -0.2) is 4.98 Å². The first-order valence-electron chi connectivity index (χ1n) is 38.6. The van der Waals surface area contributed by atoms with Gasteiger partial charge in [0.05, 0.1) is 29.3 Å². The van der Waals surface area contributed by atoms with Crippen molar-refractivity contribution in [2.45, 2.75) is 227 Å². The Labute approximate surface area is 658 Å². The normalized spacial score (nSPS) is 17.1. The first-order valence-corrected chi connectivity index (χ1v) is 37.6. The first kappa shape index (κ1) is 81.6. The fourth-order valence-corrected chi connectivity index (χ4v) is 17.5. The lowest BCUT2D eigenvalue weighted by atomic mass is 9.59. The van der Waals surface area contributed by atoms with Crippen LogP contribution in [0.5, 0.6) is 0 Å². The maximum atomic E-state index is 9.34. The third-order valence-corrected chi connectivity index (χ3v) is 24.6. The molecule has 11 heteroatoms. The van der Waals surface area contributed by atoms with Gasteiger partial charge in [-0.15, -0.1) is 37.5 Å². The fourth-order valence-electron chi connectivity index (χ4n) is 17.5. The van der Waals surface area contributed by atoms with Crippen LogP contribution in [-0.4, -0.2) is 35.3 Å². The molecule has 3 aliphatic heterocycles. The van der Waals surface area contributed by atoms with Gasteiger partial charge >= 0.3 is 0 Å². The second kappa shape index (κ2) is 32.4. The van der Waals surface area contributed by atoms with Crippen LogP contribution in [-0.2, 0) is 49.9 Å². The van der Waals surface area contributed by atoms with Gasteiger partial charge in [0.2, 0.25) is 17.6 Å². The van der Waals surface area contributed by atoms with E-state index >= 15 is 0 Å². The number of benzene rings is 7. The highest BCUT2D eigenvalue weighted by molar-refractivity contribution is 6.08. The summed E-state index contributed by atoms with van der Waals surface area (Å²) in [5.74, 6) is 0. The molecule has 7 aromatic carbocycles. The Bertz CT molecular complexity index is 5400. The van der Waals surface area contributed by atoms with Crippen molar-refractivity contribution < 1.29 is 25.9 Å². The molecule has 0 bridgehead atoms. The van der Waals surface area contributed by atoms with Gasteiger partial charge in [0.15, 0.2) is 46.2 Å². The minimum atomic E-state index is -1.30. The predicted molar refractivity (Wildman–Crippen MR) is 461 cm³/mol. The molecule has 1 spiro atoms. The Hall–Kier alpha value is -9.87. The van der Waals surface area contributed by atoms with Crippen molar-refractivity contribution in [2.24, 2.45) is 33.6 Å². The summed E-state index contributed by atoms with van der Waals surface area (Å²) in [5.41, 5.74) is 25.0. The highest BCUT2D eigenvalue weighted by Gasteiger charge is 2.55. The first-order chi connectivity index (χ1) is 50.2. The van der Waals surface area contributed by atoms with E-state index in [1.165, 1.54) is 96.3 Å². The van der Waals surface area contributed by atoms with E-state index in [9.17, 15) is 2.74 Å². The number of nitrogens with zero attached hydrogens (tertiary/aromatic N) is 10. The van der Waals surface area contributed by atoms with Crippen molar-refractivity contribution >= 4 is 27.8 Å². The summed E-state index contributed by atoms with van der Waals surface area (Å²) in [5, 5.41) is 2.09. The maximum absolute atomic E-state index is 9.34. The number of aromatic nitrogens is 9. The van der Waals surface area contributed by atoms with E-state index in [-0.39, 0.29) is 70.3 Å². The number of pyridine rings is 1. The average molecular weight is 1470 g/mol. The van der Waals surface area contributed by atoms with Crippen LogP contribution in [0.3, 0.4) is 0 Å². The molecule has 0 radical (unpaired) electrons. The fraction of sp³-hybridized carbons (Fsp3) is 0.398. The average Bonchev–Trinajstić information content (AvgIpc) is 1.56. The molecular weight excluding hydrogens is 1330 g/mol. The Morgan fingerprint density at radius 1 is 0.450 bits per heavy atom. The molecule has 1 atom stereocenters. The standard InChI is InChI=1S/C25H32N2O.C23H27N2.C17H23N2.C17H17N2.C11H13N2.5CH4/c1-16-9-11-19-20-12-10-17(2)26-23(20)28-22(19)21(16)27-18(3)25(15-24(27,4)5)13-7-6-8-14-25;1-16-11-10-14-19-20(16)25-21(23(4,5)22(19,2)3)18(15-24(25)6)17-12-8-7-9-13-17;1-12-8-7-9-13-15(12)19-14(10-11-18(19)6)17(4,5)16(13,2)3;1-14-8-6-7-11-16(14)19-13-12-17(18(19)2)15-9-4-3-5-10-15;1-10-6-3-4-7-11(10)13-9-5-8-12(13)2;;;;;/h9-12,18H,6-8,13-15H2,1-5H3;7-15H,1-6H3;7-11H,1-6H3;3-13H,1-2H3;3-9H,1-2H3;5*1H4/q;4*+1;;;;;/i15D2;;;;;;;;;. The Morgan fingerprint density at radius 3 is 1.53 bits per heavy atom. The van der Waals surface area contributed by atoms with Crippen molar-refractivity contribution in [2.75, 3.05) is 4.90 Å². The number of rotatable bonds is 5. The van der Waals surface area contributed by atoms with Crippen LogP contribution < -0.4 is 23.6 Å². The van der Waals surface area contributed by atoms with Crippen molar-refractivity contribution in [3.63, 3.8) is 0 Å². The lowest BCUT2D eigenvalue weighted by molar-refractivity contribution is -0.745. The largest absolute Gasteiger partial charge is 0.436 e. The van der Waals surface area contributed by atoms with Crippen LogP contribution in [0.15, 0.2) is 223 Å². The van der Waals surface area contributed by atoms with Gasteiger partial charge in [-0.05, 0) is 168 Å². The molecule has 1 saturated carbocycles. The Morgan fingerprint density at radius 2 is 0.963 bits per heavy atom. The second-order valence-corrected chi connectivity index (χ2v) is 32.6. The summed E-state index contributed by atoms with van der Waals surface area (Å²) in [6.45, 7) is 38.1. The molecule has 11 nitrogen and oxygen atoms in total. The van der Waals surface area contributed by atoms with E-state index in [0.29, 0.717) is 5.71 Å². The molecule has 13 aromatic rings. The zero-order chi connectivity index (χ0) is 76.0. The van der Waals surface area contributed by atoms with E-state index in [2.05, 4.69) is 374 Å². The number of furan rings is 1. The third-order valence-electron chi connectivity index (χ3n) is 24.6. The van der Waals surface area contributed by atoms with Crippen LogP contribution >= 0.6 is 0 Å². The van der Waals surface area contributed by atoms with Gasteiger partial charge in [0.1, 0.15) is 28.4 Å². The molecule has 109 heavy (non-hydrogen) atoms. The van der Waals surface area contributed by atoms with Gasteiger partial charge in [-0.2, -0.15) is 0 Å². The molecule has 576 valence electrons. The van der Waals surface area contributed by atoms with Crippen LogP contribution in [0, 0.1) is 47.0 Å². The summed E-state index contributed by atoms with van der Waals surface area (Å²) >= 11 is 0. The van der Waals surface area contributed by atoms with Gasteiger partial charge in [-0.1, -0.05) is 245 Å².